The molecule has 2 heterocycles. The fraction of sp³-hybridized carbons (Fsp3) is 0.304. The maximum atomic E-state index is 12.6. The van der Waals surface area contributed by atoms with Crippen molar-refractivity contribution in [3.8, 4) is 0 Å². The van der Waals surface area contributed by atoms with E-state index in [1.165, 1.54) is 5.56 Å². The molecule has 3 atom stereocenters. The van der Waals surface area contributed by atoms with Crippen LogP contribution in [0.4, 0.5) is 0 Å². The highest BCUT2D eigenvalue weighted by Crippen LogP contribution is 2.26. The summed E-state index contributed by atoms with van der Waals surface area (Å²) in [6, 6.07) is 15.1. The van der Waals surface area contributed by atoms with Gasteiger partial charge < -0.3 is 20.9 Å². The van der Waals surface area contributed by atoms with Crippen LogP contribution in [0.3, 0.4) is 0 Å². The van der Waals surface area contributed by atoms with Gasteiger partial charge in [0, 0.05) is 30.2 Å². The molecule has 0 spiro atoms. The van der Waals surface area contributed by atoms with E-state index in [1.54, 1.807) is 13.1 Å². The van der Waals surface area contributed by atoms with Crippen LogP contribution in [0.2, 0.25) is 5.02 Å². The fourth-order valence-electron chi connectivity index (χ4n) is 3.88. The van der Waals surface area contributed by atoms with Crippen LogP contribution in [0.25, 0.3) is 10.9 Å². The Morgan fingerprint density at radius 1 is 1.20 bits per heavy atom. The molecule has 0 aliphatic carbocycles. The minimum absolute atomic E-state index is 0.142. The molecule has 1 aromatic heterocycles. The van der Waals surface area contributed by atoms with E-state index in [4.69, 9.17) is 11.6 Å². The molecule has 6 nitrogen and oxygen atoms in total. The van der Waals surface area contributed by atoms with Gasteiger partial charge in [0.2, 0.25) is 11.8 Å². The van der Waals surface area contributed by atoms with Crippen molar-refractivity contribution in [2.45, 2.75) is 37.9 Å². The summed E-state index contributed by atoms with van der Waals surface area (Å²) in [5, 5.41) is 10.5. The molecule has 0 radical (unpaired) electrons. The van der Waals surface area contributed by atoms with E-state index < -0.39 is 6.04 Å². The number of hydrogen-bond donors (Lipinski definition) is 4. The number of amides is 2. The molecule has 156 valence electrons. The lowest BCUT2D eigenvalue weighted by Gasteiger charge is -2.17. The van der Waals surface area contributed by atoms with Crippen LogP contribution in [-0.2, 0) is 16.1 Å². The van der Waals surface area contributed by atoms with Crippen LogP contribution in [-0.4, -0.2) is 35.4 Å². The number of aromatic nitrogens is 1. The first-order valence-electron chi connectivity index (χ1n) is 10.1. The van der Waals surface area contributed by atoms with Gasteiger partial charge in [0.15, 0.2) is 0 Å². The van der Waals surface area contributed by atoms with E-state index in [0.717, 1.165) is 29.4 Å². The van der Waals surface area contributed by atoms with Gasteiger partial charge in [0.25, 0.3) is 0 Å². The number of carbonyl (C=O) groups is 2. The molecular weight excluding hydrogens is 400 g/mol. The fourth-order valence-corrected chi connectivity index (χ4v) is 4.09. The van der Waals surface area contributed by atoms with Crippen molar-refractivity contribution < 1.29 is 9.59 Å². The van der Waals surface area contributed by atoms with E-state index in [2.05, 4.69) is 33.1 Å². The van der Waals surface area contributed by atoms with Crippen molar-refractivity contribution in [3.63, 3.8) is 0 Å². The molecule has 0 saturated carbocycles. The molecule has 2 amide bonds. The molecular formula is C23H25ClN4O2. The molecule has 7 heteroatoms. The molecule has 4 rings (SSSR count). The van der Waals surface area contributed by atoms with Crippen LogP contribution >= 0.6 is 11.6 Å². The van der Waals surface area contributed by atoms with Gasteiger partial charge in [-0.05, 0) is 42.5 Å². The average Bonchev–Trinajstić information content (AvgIpc) is 3.40. The summed E-state index contributed by atoms with van der Waals surface area (Å²) in [7, 11) is 0. The Labute approximate surface area is 180 Å². The second-order valence-corrected chi connectivity index (χ2v) is 8.18. The normalized spacial score (nSPS) is 19.5. The van der Waals surface area contributed by atoms with Crippen LogP contribution in [0.5, 0.6) is 0 Å². The van der Waals surface area contributed by atoms with Crippen LogP contribution in [0.15, 0.2) is 54.7 Å². The minimum atomic E-state index is -0.616. The number of fused-ring (bicyclic) bond motifs is 1. The van der Waals surface area contributed by atoms with Crippen molar-refractivity contribution in [3.05, 3.63) is 70.9 Å². The Kier molecular flexibility index (Phi) is 6.06. The van der Waals surface area contributed by atoms with Gasteiger partial charge in [0.05, 0.1) is 11.1 Å². The van der Waals surface area contributed by atoms with E-state index in [1.807, 2.05) is 36.4 Å². The number of halogens is 1. The zero-order valence-corrected chi connectivity index (χ0v) is 17.5. The highest BCUT2D eigenvalue weighted by Gasteiger charge is 2.31. The van der Waals surface area contributed by atoms with Gasteiger partial charge >= 0.3 is 0 Å². The highest BCUT2D eigenvalue weighted by molar-refractivity contribution is 6.35. The molecule has 4 N–H and O–H groups in total. The quantitative estimate of drug-likeness (QED) is 0.490. The third-order valence-electron chi connectivity index (χ3n) is 5.63. The third-order valence-corrected chi connectivity index (χ3v) is 5.95. The average molecular weight is 425 g/mol. The summed E-state index contributed by atoms with van der Waals surface area (Å²) >= 11 is 6.15. The SMILES string of the molecule is C[C@H](NC(=O)[C@H]1C[C@H](c2ccccc2)CN1)C(=O)NCc1ccc2[nH]cc(Cl)c2c1. The zero-order valence-electron chi connectivity index (χ0n) is 16.7. The van der Waals surface area contributed by atoms with E-state index in [9.17, 15) is 9.59 Å². The highest BCUT2D eigenvalue weighted by atomic mass is 35.5. The molecule has 30 heavy (non-hydrogen) atoms. The standard InChI is InChI=1S/C23H25ClN4O2/c1-14(22(29)27-11-15-7-8-20-18(9-15)19(24)13-26-20)28-23(30)21-10-17(12-25-21)16-5-3-2-4-6-16/h2-9,13-14,17,21,25-26H,10-12H2,1H3,(H,27,29)(H,28,30)/t14-,17-,21+/m0/s1. The summed E-state index contributed by atoms with van der Waals surface area (Å²) in [6.07, 6.45) is 2.47. The molecule has 3 aromatic rings. The number of rotatable bonds is 6. The summed E-state index contributed by atoms with van der Waals surface area (Å²) in [6.45, 7) is 2.82. The molecule has 1 saturated heterocycles. The monoisotopic (exact) mass is 424 g/mol. The first kappa shape index (κ1) is 20.4. The van der Waals surface area contributed by atoms with Gasteiger partial charge in [-0.15, -0.1) is 0 Å². The Morgan fingerprint density at radius 3 is 2.80 bits per heavy atom. The Morgan fingerprint density at radius 2 is 2.00 bits per heavy atom. The second-order valence-electron chi connectivity index (χ2n) is 7.77. The molecule has 1 aliphatic heterocycles. The van der Waals surface area contributed by atoms with Crippen LogP contribution in [0, 0.1) is 0 Å². The summed E-state index contributed by atoms with van der Waals surface area (Å²) in [5.41, 5.74) is 3.12. The summed E-state index contributed by atoms with van der Waals surface area (Å²) < 4.78 is 0. The number of carbonyl (C=O) groups excluding carboxylic acids is 2. The van der Waals surface area contributed by atoms with Gasteiger partial charge in [0.1, 0.15) is 6.04 Å². The van der Waals surface area contributed by atoms with E-state index in [0.29, 0.717) is 17.5 Å². The number of H-pyrrole nitrogens is 1. The second kappa shape index (κ2) is 8.90. The van der Waals surface area contributed by atoms with Gasteiger partial charge in [-0.25, -0.2) is 0 Å². The van der Waals surface area contributed by atoms with E-state index >= 15 is 0 Å². The van der Waals surface area contributed by atoms with Gasteiger partial charge in [-0.1, -0.05) is 48.0 Å². The lowest BCUT2D eigenvalue weighted by Crippen LogP contribution is -2.49. The van der Waals surface area contributed by atoms with Crippen molar-refractivity contribution in [2.24, 2.45) is 0 Å². The molecule has 1 aliphatic rings. The first-order chi connectivity index (χ1) is 14.5. The maximum absolute atomic E-state index is 12.6. The smallest absolute Gasteiger partial charge is 0.242 e. The van der Waals surface area contributed by atoms with Crippen molar-refractivity contribution in [1.82, 2.24) is 20.9 Å². The molecule has 0 unspecified atom stereocenters. The largest absolute Gasteiger partial charge is 0.360 e. The Hall–Kier alpha value is -2.83. The maximum Gasteiger partial charge on any atom is 0.242 e. The van der Waals surface area contributed by atoms with Gasteiger partial charge in [-0.3, -0.25) is 9.59 Å². The summed E-state index contributed by atoms with van der Waals surface area (Å²) in [4.78, 5) is 28.1. The Bertz CT molecular complexity index is 1050. The number of nitrogens with one attached hydrogen (secondary N) is 4. The minimum Gasteiger partial charge on any atom is -0.360 e. The summed E-state index contributed by atoms with van der Waals surface area (Å²) in [5.74, 6) is -0.0564. The van der Waals surface area contributed by atoms with Crippen molar-refractivity contribution >= 4 is 34.3 Å². The van der Waals surface area contributed by atoms with Crippen molar-refractivity contribution in [2.75, 3.05) is 6.54 Å². The number of hydrogen-bond acceptors (Lipinski definition) is 3. The van der Waals surface area contributed by atoms with Crippen molar-refractivity contribution in [1.29, 1.82) is 0 Å². The van der Waals surface area contributed by atoms with Gasteiger partial charge in [-0.2, -0.15) is 0 Å². The lowest BCUT2D eigenvalue weighted by molar-refractivity contribution is -0.129. The molecule has 2 aromatic carbocycles. The lowest BCUT2D eigenvalue weighted by atomic mass is 9.96. The predicted octanol–water partition coefficient (Wildman–Crippen LogP) is 3.09. The molecule has 1 fully saturated rings. The Balaban J connectivity index is 1.27. The number of aromatic amines is 1. The third kappa shape index (κ3) is 4.50. The van der Waals surface area contributed by atoms with Crippen LogP contribution < -0.4 is 16.0 Å². The zero-order chi connectivity index (χ0) is 21.1. The first-order valence-corrected chi connectivity index (χ1v) is 10.5. The van der Waals surface area contributed by atoms with Crippen LogP contribution in [0.1, 0.15) is 30.4 Å². The topological polar surface area (TPSA) is 86.0 Å². The number of benzene rings is 2. The predicted molar refractivity (Wildman–Crippen MR) is 118 cm³/mol. The van der Waals surface area contributed by atoms with E-state index in [-0.39, 0.29) is 17.9 Å². The molecule has 0 bridgehead atoms.